The molecule has 0 aliphatic carbocycles. The lowest BCUT2D eigenvalue weighted by Crippen LogP contribution is -2.22. The molecule has 2 amide bonds. The Morgan fingerprint density at radius 2 is 1.71 bits per heavy atom. The summed E-state index contributed by atoms with van der Waals surface area (Å²) < 4.78 is 38.5. The number of benzene rings is 2. The number of halogens is 2. The van der Waals surface area contributed by atoms with Gasteiger partial charge in [-0.25, -0.2) is 13.6 Å². The first kappa shape index (κ1) is 14.7. The number of rotatable bonds is 2. The maximum atomic E-state index is 13.7. The number of hydrogen-bond acceptors (Lipinski definition) is 3. The summed E-state index contributed by atoms with van der Waals surface area (Å²) in [5.41, 5.74) is 1.80. The number of urea groups is 1. The fourth-order valence-corrected chi connectivity index (χ4v) is 2.99. The van der Waals surface area contributed by atoms with Gasteiger partial charge in [0.1, 0.15) is 28.8 Å². The largest absolute Gasteiger partial charge is 0.493 e. The monoisotopic (exact) mass is 332 g/mol. The zero-order valence-corrected chi connectivity index (χ0v) is 12.6. The molecular weight excluding hydrogens is 318 g/mol. The molecule has 0 saturated heterocycles. The molecule has 0 fully saturated rings. The second-order valence-electron chi connectivity index (χ2n) is 5.59. The topological polar surface area (TPSA) is 59.6 Å². The lowest BCUT2D eigenvalue weighted by Gasteiger charge is -2.15. The number of hydrogen-bond donors (Lipinski definition) is 2. The summed E-state index contributed by atoms with van der Waals surface area (Å²) in [7, 11) is 0. The highest BCUT2D eigenvalue weighted by Gasteiger charge is 2.27. The van der Waals surface area contributed by atoms with Gasteiger partial charge in [-0.1, -0.05) is 6.07 Å². The van der Waals surface area contributed by atoms with Crippen LogP contribution in [0.5, 0.6) is 11.5 Å². The Bertz CT molecular complexity index is 787. The van der Waals surface area contributed by atoms with Gasteiger partial charge in [-0.3, -0.25) is 0 Å². The van der Waals surface area contributed by atoms with E-state index >= 15 is 0 Å². The van der Waals surface area contributed by atoms with Gasteiger partial charge in [-0.2, -0.15) is 0 Å². The van der Waals surface area contributed by atoms with E-state index in [1.807, 2.05) is 6.07 Å². The first-order valence-corrected chi connectivity index (χ1v) is 7.60. The average molecular weight is 332 g/mol. The predicted molar refractivity (Wildman–Crippen MR) is 83.8 cm³/mol. The third-order valence-electron chi connectivity index (χ3n) is 4.09. The minimum absolute atomic E-state index is 0.489. The van der Waals surface area contributed by atoms with Crippen molar-refractivity contribution in [3.8, 4) is 11.5 Å². The molecular formula is C17H14F2N2O3. The van der Waals surface area contributed by atoms with Crippen LogP contribution in [-0.2, 0) is 12.8 Å². The molecule has 0 saturated carbocycles. The zero-order chi connectivity index (χ0) is 16.7. The fourth-order valence-electron chi connectivity index (χ4n) is 2.99. The van der Waals surface area contributed by atoms with Gasteiger partial charge in [0.2, 0.25) is 0 Å². The van der Waals surface area contributed by atoms with E-state index in [4.69, 9.17) is 9.47 Å². The normalized spacial score (nSPS) is 14.4. The van der Waals surface area contributed by atoms with Crippen molar-refractivity contribution in [2.45, 2.75) is 12.8 Å². The van der Waals surface area contributed by atoms with Crippen molar-refractivity contribution in [2.75, 3.05) is 23.8 Å². The summed E-state index contributed by atoms with van der Waals surface area (Å²) in [6.45, 7) is 1.05. The smallest absolute Gasteiger partial charge is 0.323 e. The number of anilines is 2. The van der Waals surface area contributed by atoms with E-state index in [9.17, 15) is 13.6 Å². The van der Waals surface area contributed by atoms with E-state index in [1.54, 1.807) is 0 Å². The number of ether oxygens (including phenoxy) is 2. The predicted octanol–water partition coefficient (Wildman–Crippen LogP) is 3.48. The first-order chi connectivity index (χ1) is 11.6. The first-order valence-electron chi connectivity index (χ1n) is 7.60. The van der Waals surface area contributed by atoms with Crippen molar-refractivity contribution in [1.82, 2.24) is 0 Å². The Morgan fingerprint density at radius 1 is 1.00 bits per heavy atom. The molecule has 5 nitrogen and oxygen atoms in total. The van der Waals surface area contributed by atoms with Gasteiger partial charge in [0.05, 0.1) is 18.9 Å². The van der Waals surface area contributed by atoms with Crippen LogP contribution in [0.3, 0.4) is 0 Å². The quantitative estimate of drug-likeness (QED) is 0.885. The van der Waals surface area contributed by atoms with Crippen LogP contribution in [0.4, 0.5) is 25.0 Å². The molecule has 0 bridgehead atoms. The molecule has 0 spiro atoms. The fraction of sp³-hybridized carbons (Fsp3) is 0.235. The maximum absolute atomic E-state index is 13.7. The van der Waals surface area contributed by atoms with Crippen molar-refractivity contribution in [2.24, 2.45) is 0 Å². The lowest BCUT2D eigenvalue weighted by atomic mass is 10.0. The Balaban J connectivity index is 1.63. The van der Waals surface area contributed by atoms with E-state index in [1.165, 1.54) is 6.07 Å². The molecule has 24 heavy (non-hydrogen) atoms. The van der Waals surface area contributed by atoms with Gasteiger partial charge in [0.15, 0.2) is 0 Å². The van der Waals surface area contributed by atoms with Crippen molar-refractivity contribution >= 4 is 17.4 Å². The minimum Gasteiger partial charge on any atom is -0.493 e. The van der Waals surface area contributed by atoms with Gasteiger partial charge in [0.25, 0.3) is 0 Å². The molecule has 2 aromatic carbocycles. The number of para-hydroxylation sites is 1. The summed E-state index contributed by atoms with van der Waals surface area (Å²) in [5, 5.41) is 4.87. The Labute approximate surface area is 136 Å². The summed E-state index contributed by atoms with van der Waals surface area (Å²) in [4.78, 5) is 12.2. The third kappa shape index (κ3) is 2.42. The highest BCUT2D eigenvalue weighted by Crippen LogP contribution is 2.44. The van der Waals surface area contributed by atoms with Gasteiger partial charge in [-0.05, 0) is 18.2 Å². The molecule has 0 radical (unpaired) electrons. The lowest BCUT2D eigenvalue weighted by molar-refractivity contribution is 0.261. The molecule has 2 aliphatic heterocycles. The summed E-state index contributed by atoms with van der Waals surface area (Å²) in [6.07, 6.45) is 1.36. The Kier molecular flexibility index (Phi) is 3.48. The maximum Gasteiger partial charge on any atom is 0.323 e. The number of nitrogens with one attached hydrogen (secondary N) is 2. The number of amides is 2. The van der Waals surface area contributed by atoms with E-state index in [-0.39, 0.29) is 0 Å². The van der Waals surface area contributed by atoms with Crippen molar-refractivity contribution in [3.05, 3.63) is 47.0 Å². The zero-order valence-electron chi connectivity index (χ0n) is 12.6. The minimum atomic E-state index is -0.840. The molecule has 0 unspecified atom stereocenters. The van der Waals surface area contributed by atoms with Crippen LogP contribution < -0.4 is 20.1 Å². The molecule has 2 N–H and O–H groups in total. The Morgan fingerprint density at radius 3 is 2.50 bits per heavy atom. The van der Waals surface area contributed by atoms with Crippen LogP contribution in [0.25, 0.3) is 0 Å². The molecule has 7 heteroatoms. The van der Waals surface area contributed by atoms with Crippen molar-refractivity contribution < 1.29 is 23.0 Å². The SMILES string of the molecule is O=C(Nc1c(F)cccc1F)Nc1c2c(cc3c1OCC3)OCC2. The highest BCUT2D eigenvalue weighted by atomic mass is 19.1. The molecule has 0 aromatic heterocycles. The van der Waals surface area contributed by atoms with E-state index in [0.717, 1.165) is 29.7 Å². The molecule has 4 rings (SSSR count). The van der Waals surface area contributed by atoms with E-state index in [2.05, 4.69) is 10.6 Å². The van der Waals surface area contributed by atoms with E-state index in [0.29, 0.717) is 36.8 Å². The van der Waals surface area contributed by atoms with Gasteiger partial charge >= 0.3 is 6.03 Å². The van der Waals surface area contributed by atoms with Crippen molar-refractivity contribution in [1.29, 1.82) is 0 Å². The summed E-state index contributed by atoms with van der Waals surface area (Å²) in [6, 6.07) is 4.57. The summed E-state index contributed by atoms with van der Waals surface area (Å²) in [5.74, 6) is -0.364. The third-order valence-corrected chi connectivity index (χ3v) is 4.09. The van der Waals surface area contributed by atoms with Gasteiger partial charge in [-0.15, -0.1) is 0 Å². The second kappa shape index (κ2) is 5.67. The van der Waals surface area contributed by atoms with Crippen LogP contribution >= 0.6 is 0 Å². The molecule has 0 atom stereocenters. The van der Waals surface area contributed by atoms with Gasteiger partial charge in [0, 0.05) is 24.0 Å². The average Bonchev–Trinajstić information content (AvgIpc) is 3.19. The van der Waals surface area contributed by atoms with Gasteiger partial charge < -0.3 is 20.1 Å². The number of carbonyl (C=O) groups excluding carboxylic acids is 1. The molecule has 2 aromatic rings. The van der Waals surface area contributed by atoms with Crippen LogP contribution in [0.15, 0.2) is 24.3 Å². The number of carbonyl (C=O) groups is 1. The summed E-state index contributed by atoms with van der Waals surface area (Å²) >= 11 is 0. The van der Waals surface area contributed by atoms with Crippen LogP contribution in [0.2, 0.25) is 0 Å². The van der Waals surface area contributed by atoms with Crippen LogP contribution in [-0.4, -0.2) is 19.2 Å². The number of fused-ring (bicyclic) bond motifs is 2. The van der Waals surface area contributed by atoms with Crippen LogP contribution in [0, 0.1) is 11.6 Å². The van der Waals surface area contributed by atoms with E-state index < -0.39 is 23.4 Å². The van der Waals surface area contributed by atoms with Crippen LogP contribution in [0.1, 0.15) is 11.1 Å². The Hall–Kier alpha value is -2.83. The molecule has 2 heterocycles. The second-order valence-corrected chi connectivity index (χ2v) is 5.59. The molecule has 124 valence electrons. The van der Waals surface area contributed by atoms with Crippen molar-refractivity contribution in [3.63, 3.8) is 0 Å². The standard InChI is InChI=1S/C17H14F2N2O3/c18-11-2-1-3-12(19)15(11)21-17(22)20-14-10-5-7-23-13(10)8-9-4-6-24-16(9)14/h1-3,8H,4-7H2,(H2,20,21,22). The molecule has 2 aliphatic rings. The highest BCUT2D eigenvalue weighted by molar-refractivity contribution is 6.02.